The maximum Gasteiger partial charge on any atom is 0 e. The van der Waals surface area contributed by atoms with Crippen molar-refractivity contribution in [1.29, 1.82) is 0 Å². The molecule has 0 rings (SSSR count). The standard InChI is InChI=1S/Bi.FH.HI.K.2Lu.4H/h;2*1H;;;;;;;. The van der Waals surface area contributed by atoms with Crippen LogP contribution < -0.4 is 0 Å². The molecule has 0 atom stereocenters. The zero-order valence-electron chi connectivity index (χ0n) is 2.04. The average Bonchev–Trinajstić information content (AvgIpc) is 0. The quantitative estimate of drug-likeness (QED) is 0.219. The van der Waals surface area contributed by atoms with Crippen LogP contribution in [-0.2, 0) is 0 Å². The van der Waals surface area contributed by atoms with Crippen LogP contribution in [0.1, 0.15) is 0 Å². The van der Waals surface area contributed by atoms with Crippen molar-refractivity contribution in [3.63, 3.8) is 0 Å². The normalized spacial score (nSPS) is 0. The van der Waals surface area contributed by atoms with Crippen LogP contribution in [0.3, 0.4) is 0 Å². The van der Waals surface area contributed by atoms with Crippen molar-refractivity contribution in [2.24, 2.45) is 0 Å². The molecule has 0 saturated carbocycles. The summed E-state index contributed by atoms with van der Waals surface area (Å²) in [5.41, 5.74) is 0. The molecule has 0 amide bonds. The molecule has 0 aromatic rings. The van der Waals surface area contributed by atoms with Gasteiger partial charge in [-0.1, -0.05) is 0 Å². The molecule has 2 radical (unpaired) electrons. The number of hydrogen-bond acceptors (Lipinski definition) is 0. The van der Waals surface area contributed by atoms with Gasteiger partial charge in [0, 0.05) is 73.7 Å². The van der Waals surface area contributed by atoms with Gasteiger partial charge < -0.3 is 0 Å². The molecular formula is H6BiFIKLu2. The predicted octanol–water partition coefficient (Wildman–Crippen LogP) is -1.06. The van der Waals surface area contributed by atoms with E-state index in [1.165, 1.54) is 0 Å². The summed E-state index contributed by atoms with van der Waals surface area (Å²) in [4.78, 5) is 0. The minimum absolute atomic E-state index is 0. The van der Waals surface area contributed by atoms with Crippen molar-refractivity contribution >= 4 is 102 Å². The number of hydrogen-bond donors (Lipinski definition) is 0. The van der Waals surface area contributed by atoms with Crippen molar-refractivity contribution in [3.8, 4) is 0 Å². The van der Waals surface area contributed by atoms with E-state index in [1.54, 1.807) is 0 Å². The Labute approximate surface area is 174 Å². The van der Waals surface area contributed by atoms with E-state index in [9.17, 15) is 0 Å². The van der Waals surface area contributed by atoms with Crippen molar-refractivity contribution < 1.29 is 78.5 Å². The molecule has 0 bridgehead atoms. The van der Waals surface area contributed by atoms with Gasteiger partial charge in [-0.05, 0) is 0 Å². The van der Waals surface area contributed by atoms with Gasteiger partial charge in [-0.2, -0.15) is 0 Å². The van der Waals surface area contributed by atoms with Gasteiger partial charge in [0.1, 0.15) is 0 Å². The topological polar surface area (TPSA) is 0 Å². The third-order valence-electron chi connectivity index (χ3n) is 0. The van der Waals surface area contributed by atoms with Gasteiger partial charge in [0.25, 0.3) is 0 Å². The Hall–Kier alpha value is 5.65. The summed E-state index contributed by atoms with van der Waals surface area (Å²) in [6.45, 7) is 0. The second-order valence-corrected chi connectivity index (χ2v) is 0. The van der Waals surface area contributed by atoms with Crippen LogP contribution in [0.2, 0.25) is 0 Å². The molecule has 56 valence electrons. The molecule has 6 heavy (non-hydrogen) atoms. The van der Waals surface area contributed by atoms with Gasteiger partial charge in [-0.25, -0.2) is 0 Å². The smallest absolute Gasteiger partial charge is 0 e. The first-order valence-electron chi connectivity index (χ1n) is 0. The fraction of sp³-hybridized carbons (Fsp3) is 0. The minimum atomic E-state index is 0. The summed E-state index contributed by atoms with van der Waals surface area (Å²) >= 11 is 0. The van der Waals surface area contributed by atoms with Crippen LogP contribution in [0.4, 0.5) is 4.70 Å². The first kappa shape index (κ1) is 41.4. The third kappa shape index (κ3) is 22.6. The van der Waals surface area contributed by atoms with Crippen molar-refractivity contribution in [1.82, 2.24) is 0 Å². The molecule has 0 aliphatic carbocycles. The molecule has 0 aliphatic heterocycles. The van der Waals surface area contributed by atoms with E-state index in [-0.39, 0.29) is 180 Å². The minimum Gasteiger partial charge on any atom is 0 e. The van der Waals surface area contributed by atoms with Crippen LogP contribution in [0.5, 0.6) is 0 Å². The maximum absolute atomic E-state index is 0. The summed E-state index contributed by atoms with van der Waals surface area (Å²) in [5, 5.41) is 0. The molecule has 0 aliphatic rings. The summed E-state index contributed by atoms with van der Waals surface area (Å²) in [6, 6.07) is 0. The van der Waals surface area contributed by atoms with Crippen molar-refractivity contribution in [2.45, 2.75) is 0 Å². The molecule has 0 fully saturated rings. The molecule has 6 heteroatoms. The van der Waals surface area contributed by atoms with E-state index in [0.29, 0.717) is 0 Å². The van der Waals surface area contributed by atoms with E-state index in [1.807, 2.05) is 0 Å². The van der Waals surface area contributed by atoms with Gasteiger partial charge >= 0.3 is 77.6 Å². The van der Waals surface area contributed by atoms with Crippen LogP contribution >= 0.6 is 24.0 Å². The van der Waals surface area contributed by atoms with Gasteiger partial charge in [0.05, 0.1) is 0 Å². The SMILES string of the molecule is F.I.[BiH3].[KH].[Lu].[Lu]. The van der Waals surface area contributed by atoms with Crippen LogP contribution in [0, 0.1) is 73.7 Å². The van der Waals surface area contributed by atoms with Gasteiger partial charge in [-0.15, -0.1) is 24.0 Å². The van der Waals surface area contributed by atoms with Crippen molar-refractivity contribution in [3.05, 3.63) is 0 Å². The first-order valence-corrected chi connectivity index (χ1v) is 0. The van der Waals surface area contributed by atoms with Crippen LogP contribution in [-0.4, -0.2) is 77.6 Å². The predicted molar refractivity (Wildman–Crippen MR) is 35.0 cm³/mol. The van der Waals surface area contributed by atoms with E-state index in [4.69, 9.17) is 0 Å². The number of halogens is 2. The number of rotatable bonds is 0. The van der Waals surface area contributed by atoms with E-state index in [0.717, 1.165) is 0 Å². The van der Waals surface area contributed by atoms with E-state index >= 15 is 0 Å². The largest absolute Gasteiger partial charge is 0 e. The Morgan fingerprint density at radius 3 is 0.833 bits per heavy atom. The van der Waals surface area contributed by atoms with Crippen molar-refractivity contribution in [2.75, 3.05) is 0 Å². The second kappa shape index (κ2) is 31.1. The molecule has 0 heterocycles. The Balaban J connectivity index is 0. The van der Waals surface area contributed by atoms with E-state index < -0.39 is 0 Å². The third-order valence-corrected chi connectivity index (χ3v) is 0. The first-order chi connectivity index (χ1) is 0. The summed E-state index contributed by atoms with van der Waals surface area (Å²) < 4.78 is 0. The molecule has 0 unspecified atom stereocenters. The van der Waals surface area contributed by atoms with Gasteiger partial charge in [-0.3, -0.25) is 4.70 Å². The zero-order valence-corrected chi connectivity index (χ0v) is 13.2. The summed E-state index contributed by atoms with van der Waals surface area (Å²) in [5.74, 6) is 0. The molecule has 0 aromatic carbocycles. The Kier molecular flexibility index (Phi) is 214. The van der Waals surface area contributed by atoms with Gasteiger partial charge in [0.15, 0.2) is 0 Å². The van der Waals surface area contributed by atoms with Crippen LogP contribution in [0.25, 0.3) is 0 Å². The van der Waals surface area contributed by atoms with Crippen LogP contribution in [0.15, 0.2) is 0 Å². The molecule has 0 nitrogen and oxygen atoms in total. The molecule has 0 aromatic heterocycles. The fourth-order valence-electron chi connectivity index (χ4n) is 0. The molecule has 0 N–H and O–H groups in total. The zero-order chi connectivity index (χ0) is 0. The Morgan fingerprint density at radius 1 is 0.833 bits per heavy atom. The molecular weight excluding hydrogens is 744 g/mol. The van der Waals surface area contributed by atoms with E-state index in [2.05, 4.69) is 0 Å². The summed E-state index contributed by atoms with van der Waals surface area (Å²) in [7, 11) is 0. The average molecular weight is 750 g/mol. The molecule has 0 spiro atoms. The summed E-state index contributed by atoms with van der Waals surface area (Å²) in [6.07, 6.45) is 0. The maximum atomic E-state index is 0. The second-order valence-electron chi connectivity index (χ2n) is 0. The monoisotopic (exact) mass is 750 g/mol. The van der Waals surface area contributed by atoms with Gasteiger partial charge in [0.2, 0.25) is 0 Å². The fourth-order valence-corrected chi connectivity index (χ4v) is 0. The molecule has 0 saturated heterocycles. The Bertz CT molecular complexity index is 13.5. The Morgan fingerprint density at radius 2 is 0.833 bits per heavy atom.